The van der Waals surface area contributed by atoms with Gasteiger partial charge in [0.15, 0.2) is 0 Å². The fraction of sp³-hybridized carbons (Fsp3) is 0.312. The Labute approximate surface area is 140 Å². The number of hydrazine groups is 1. The zero-order valence-electron chi connectivity index (χ0n) is 13.1. The quantitative estimate of drug-likeness (QED) is 0.752. The van der Waals surface area contributed by atoms with Crippen LogP contribution in [0.1, 0.15) is 32.6 Å². The van der Waals surface area contributed by atoms with Gasteiger partial charge in [-0.2, -0.15) is 0 Å². The average molecular weight is 352 g/mol. The van der Waals surface area contributed by atoms with Gasteiger partial charge in [-0.15, -0.1) is 16.2 Å². The summed E-state index contributed by atoms with van der Waals surface area (Å²) < 4.78 is 23.9. The second-order valence-corrected chi connectivity index (χ2v) is 8.16. The van der Waals surface area contributed by atoms with Crippen LogP contribution >= 0.6 is 11.3 Å². The summed E-state index contributed by atoms with van der Waals surface area (Å²) in [6, 6.07) is 11.1. The lowest BCUT2D eigenvalue weighted by Crippen LogP contribution is -2.42. The minimum absolute atomic E-state index is 0.0824. The summed E-state index contributed by atoms with van der Waals surface area (Å²) in [6.45, 7) is 3.96. The van der Waals surface area contributed by atoms with E-state index in [1.54, 1.807) is 6.07 Å². The average Bonchev–Trinajstić information content (AvgIpc) is 2.93. The summed E-state index contributed by atoms with van der Waals surface area (Å²) in [4.78, 5) is 15.8. The normalized spacial score (nSPS) is 11.4. The Balaban J connectivity index is 1.89. The van der Waals surface area contributed by atoms with E-state index < -0.39 is 15.9 Å². The van der Waals surface area contributed by atoms with E-state index in [1.807, 2.05) is 44.2 Å². The van der Waals surface area contributed by atoms with Crippen LogP contribution in [0.4, 0.5) is 0 Å². The van der Waals surface area contributed by atoms with Crippen molar-refractivity contribution in [3.8, 4) is 0 Å². The molecule has 124 valence electrons. The van der Waals surface area contributed by atoms with E-state index in [9.17, 15) is 13.2 Å². The van der Waals surface area contributed by atoms with Crippen molar-refractivity contribution in [3.63, 3.8) is 0 Å². The number of nitrogens with one attached hydrogen (secondary N) is 2. The SMILES string of the molecule is CCc1sc(C(=O)NNS(=O)(=O)CCc2ccccc2)cc1C. The third-order valence-corrected chi connectivity index (χ3v) is 5.92. The highest BCUT2D eigenvalue weighted by atomic mass is 32.2. The second kappa shape index (κ2) is 7.72. The first-order valence-electron chi connectivity index (χ1n) is 7.34. The van der Waals surface area contributed by atoms with Gasteiger partial charge in [0.25, 0.3) is 5.91 Å². The fourth-order valence-corrected chi connectivity index (χ4v) is 3.98. The molecule has 0 radical (unpaired) electrons. The molecule has 0 atom stereocenters. The van der Waals surface area contributed by atoms with E-state index in [0.717, 1.165) is 22.4 Å². The van der Waals surface area contributed by atoms with E-state index in [0.29, 0.717) is 11.3 Å². The number of hydrogen-bond donors (Lipinski definition) is 2. The van der Waals surface area contributed by atoms with Crippen molar-refractivity contribution in [2.24, 2.45) is 0 Å². The summed E-state index contributed by atoms with van der Waals surface area (Å²) in [6.07, 6.45) is 1.25. The van der Waals surface area contributed by atoms with E-state index in [-0.39, 0.29) is 5.75 Å². The molecule has 2 aromatic rings. The van der Waals surface area contributed by atoms with Crippen LogP contribution in [-0.2, 0) is 22.9 Å². The standard InChI is InChI=1S/C16H20N2O3S2/c1-3-14-12(2)11-15(22-14)16(19)17-18-23(20,21)10-9-13-7-5-4-6-8-13/h4-8,11,18H,3,9-10H2,1-2H3,(H,17,19). The molecule has 0 aliphatic carbocycles. The molecule has 23 heavy (non-hydrogen) atoms. The van der Waals surface area contributed by atoms with Crippen molar-refractivity contribution in [1.82, 2.24) is 10.3 Å². The lowest BCUT2D eigenvalue weighted by molar-refractivity contribution is 0.0949. The van der Waals surface area contributed by atoms with E-state index in [2.05, 4.69) is 10.3 Å². The van der Waals surface area contributed by atoms with Crippen molar-refractivity contribution in [3.05, 3.63) is 57.3 Å². The largest absolute Gasteiger partial charge is 0.276 e. The topological polar surface area (TPSA) is 75.3 Å². The third kappa shape index (κ3) is 5.16. The number of carbonyl (C=O) groups is 1. The number of hydrogen-bond acceptors (Lipinski definition) is 4. The predicted octanol–water partition coefficient (Wildman–Crippen LogP) is 2.43. The molecule has 0 fully saturated rings. The van der Waals surface area contributed by atoms with Crippen LogP contribution in [0.25, 0.3) is 0 Å². The molecule has 2 N–H and O–H groups in total. The third-order valence-electron chi connectivity index (χ3n) is 3.39. The van der Waals surface area contributed by atoms with Gasteiger partial charge in [0, 0.05) is 4.88 Å². The van der Waals surface area contributed by atoms with Gasteiger partial charge in [-0.25, -0.2) is 8.42 Å². The molecule has 0 aliphatic rings. The summed E-state index contributed by atoms with van der Waals surface area (Å²) in [7, 11) is -3.57. The van der Waals surface area contributed by atoms with Crippen molar-refractivity contribution >= 4 is 27.3 Å². The maximum atomic E-state index is 12.0. The van der Waals surface area contributed by atoms with Crippen LogP contribution in [-0.4, -0.2) is 20.1 Å². The van der Waals surface area contributed by atoms with Crippen molar-refractivity contribution < 1.29 is 13.2 Å². The van der Waals surface area contributed by atoms with E-state index >= 15 is 0 Å². The Hall–Kier alpha value is -1.70. The van der Waals surface area contributed by atoms with Crippen molar-refractivity contribution in [2.75, 3.05) is 5.75 Å². The van der Waals surface area contributed by atoms with Crippen molar-refractivity contribution in [2.45, 2.75) is 26.7 Å². The molecule has 0 spiro atoms. The molecule has 2 rings (SSSR count). The second-order valence-electron chi connectivity index (χ2n) is 5.18. The molecule has 7 heteroatoms. The first-order chi connectivity index (χ1) is 10.9. The number of benzene rings is 1. The monoisotopic (exact) mass is 352 g/mol. The molecule has 5 nitrogen and oxygen atoms in total. The molecule has 0 bridgehead atoms. The summed E-state index contributed by atoms with van der Waals surface area (Å²) in [5.41, 5.74) is 4.26. The summed E-state index contributed by atoms with van der Waals surface area (Å²) in [5.74, 6) is -0.512. The Morgan fingerprint density at radius 1 is 1.22 bits per heavy atom. The van der Waals surface area contributed by atoms with Crippen LogP contribution in [0.2, 0.25) is 0 Å². The molecule has 1 amide bonds. The van der Waals surface area contributed by atoms with Crippen LogP contribution in [0.5, 0.6) is 0 Å². The number of amides is 1. The minimum atomic E-state index is -3.57. The molecule has 0 saturated carbocycles. The van der Waals surface area contributed by atoms with Crippen LogP contribution in [0.3, 0.4) is 0 Å². The molecular weight excluding hydrogens is 332 g/mol. The molecule has 1 heterocycles. The smallest absolute Gasteiger partial charge is 0.273 e. The molecule has 1 aromatic heterocycles. The maximum Gasteiger partial charge on any atom is 0.276 e. The van der Waals surface area contributed by atoms with Gasteiger partial charge in [0.1, 0.15) is 0 Å². The Bertz CT molecular complexity index is 768. The highest BCUT2D eigenvalue weighted by Crippen LogP contribution is 2.21. The number of rotatable bonds is 7. The van der Waals surface area contributed by atoms with Crippen LogP contribution < -0.4 is 10.3 Å². The Morgan fingerprint density at radius 3 is 2.52 bits per heavy atom. The number of thiophene rings is 1. The molecular formula is C16H20N2O3S2. The molecule has 0 aliphatic heterocycles. The van der Waals surface area contributed by atoms with Gasteiger partial charge >= 0.3 is 0 Å². The predicted molar refractivity (Wildman–Crippen MR) is 93.0 cm³/mol. The molecule has 1 aromatic carbocycles. The highest BCUT2D eigenvalue weighted by Gasteiger charge is 2.15. The van der Waals surface area contributed by atoms with E-state index in [4.69, 9.17) is 0 Å². The zero-order valence-corrected chi connectivity index (χ0v) is 14.8. The molecule has 0 unspecified atom stereocenters. The Kier molecular flexibility index (Phi) is 5.92. The first kappa shape index (κ1) is 17.7. The maximum absolute atomic E-state index is 12.0. The Morgan fingerprint density at radius 2 is 1.91 bits per heavy atom. The van der Waals surface area contributed by atoms with Crippen LogP contribution in [0, 0.1) is 6.92 Å². The summed E-state index contributed by atoms with van der Waals surface area (Å²) >= 11 is 1.38. The lowest BCUT2D eigenvalue weighted by Gasteiger charge is -2.07. The minimum Gasteiger partial charge on any atom is -0.273 e. The van der Waals surface area contributed by atoms with Gasteiger partial charge in [-0.1, -0.05) is 37.3 Å². The van der Waals surface area contributed by atoms with Gasteiger partial charge in [-0.3, -0.25) is 10.2 Å². The number of carbonyl (C=O) groups excluding carboxylic acids is 1. The first-order valence-corrected chi connectivity index (χ1v) is 9.81. The van der Waals surface area contributed by atoms with Gasteiger partial charge in [-0.05, 0) is 37.0 Å². The van der Waals surface area contributed by atoms with E-state index in [1.165, 1.54) is 11.3 Å². The molecule has 0 saturated heterocycles. The highest BCUT2D eigenvalue weighted by molar-refractivity contribution is 7.89. The van der Waals surface area contributed by atoms with Gasteiger partial charge in [0.05, 0.1) is 10.6 Å². The van der Waals surface area contributed by atoms with Gasteiger partial charge < -0.3 is 0 Å². The van der Waals surface area contributed by atoms with Crippen molar-refractivity contribution in [1.29, 1.82) is 0 Å². The fourth-order valence-electron chi connectivity index (χ4n) is 2.12. The van der Waals surface area contributed by atoms with Crippen LogP contribution in [0.15, 0.2) is 36.4 Å². The lowest BCUT2D eigenvalue weighted by atomic mass is 10.2. The summed E-state index contributed by atoms with van der Waals surface area (Å²) in [5, 5.41) is 0. The number of sulfonamides is 1. The number of aryl methyl sites for hydroxylation is 3. The zero-order chi connectivity index (χ0) is 16.9. The van der Waals surface area contributed by atoms with Gasteiger partial charge in [0.2, 0.25) is 10.0 Å².